The molecule has 0 unspecified atom stereocenters. The fraction of sp³-hybridized carbons (Fsp3) is 0.321. The second-order valence-corrected chi connectivity index (χ2v) is 8.11. The van der Waals surface area contributed by atoms with Crippen LogP contribution in [0.4, 0.5) is 0 Å². The molecule has 0 spiro atoms. The van der Waals surface area contributed by atoms with E-state index in [1.807, 2.05) is 60.4 Å². The zero-order valence-corrected chi connectivity index (χ0v) is 20.6. The first-order valence-corrected chi connectivity index (χ1v) is 11.6. The van der Waals surface area contributed by atoms with Gasteiger partial charge in [-0.1, -0.05) is 0 Å². The Morgan fingerprint density at radius 2 is 1.43 bits per heavy atom. The highest BCUT2D eigenvalue weighted by atomic mass is 16.5. The molecule has 1 heterocycles. The Bertz CT molecular complexity index is 1140. The first-order valence-electron chi connectivity index (χ1n) is 11.6. The van der Waals surface area contributed by atoms with E-state index < -0.39 is 0 Å². The van der Waals surface area contributed by atoms with Crippen molar-refractivity contribution in [1.82, 2.24) is 4.90 Å². The molecule has 4 rings (SSSR count). The summed E-state index contributed by atoms with van der Waals surface area (Å²) >= 11 is 0. The van der Waals surface area contributed by atoms with Crippen molar-refractivity contribution in [1.29, 1.82) is 0 Å². The average Bonchev–Trinajstić information content (AvgIpc) is 2.91. The van der Waals surface area contributed by atoms with Gasteiger partial charge in [-0.15, -0.1) is 0 Å². The minimum Gasteiger partial charge on any atom is -0.497 e. The van der Waals surface area contributed by atoms with E-state index in [1.165, 1.54) is 0 Å². The molecule has 0 radical (unpaired) electrons. The zero-order valence-electron chi connectivity index (χ0n) is 20.6. The van der Waals surface area contributed by atoms with Crippen LogP contribution in [-0.4, -0.2) is 51.9 Å². The van der Waals surface area contributed by atoms with Gasteiger partial charge >= 0.3 is 0 Å². The average molecular weight is 478 g/mol. The van der Waals surface area contributed by atoms with Crippen LogP contribution in [0.3, 0.4) is 0 Å². The Kier molecular flexibility index (Phi) is 7.65. The summed E-state index contributed by atoms with van der Waals surface area (Å²) in [5, 5.41) is 0. The molecule has 0 N–H and O–H groups in total. The lowest BCUT2D eigenvalue weighted by atomic mass is 9.91. The molecular formula is C28H31NO6. The number of carbonyl (C=O) groups is 1. The summed E-state index contributed by atoms with van der Waals surface area (Å²) in [6, 6.07) is 18.3. The normalized spacial score (nSPS) is 14.6. The molecule has 3 aromatic carbocycles. The van der Waals surface area contributed by atoms with Crippen LogP contribution in [0.1, 0.15) is 34.5 Å². The molecule has 1 aliphatic rings. The molecular weight excluding hydrogens is 446 g/mol. The van der Waals surface area contributed by atoms with E-state index in [0.29, 0.717) is 42.4 Å². The van der Waals surface area contributed by atoms with Crippen molar-refractivity contribution in [3.05, 3.63) is 77.4 Å². The van der Waals surface area contributed by atoms with Gasteiger partial charge in [-0.05, 0) is 85.1 Å². The summed E-state index contributed by atoms with van der Waals surface area (Å²) in [5.74, 6) is 3.43. The number of carbonyl (C=O) groups excluding carboxylic acids is 1. The van der Waals surface area contributed by atoms with Crippen molar-refractivity contribution in [2.45, 2.75) is 19.4 Å². The minimum absolute atomic E-state index is 0.0585. The lowest BCUT2D eigenvalue weighted by molar-refractivity contribution is 0.0589. The van der Waals surface area contributed by atoms with Gasteiger partial charge in [0.25, 0.3) is 5.91 Å². The lowest BCUT2D eigenvalue weighted by Gasteiger charge is -2.37. The van der Waals surface area contributed by atoms with Crippen molar-refractivity contribution in [2.75, 3.05) is 41.1 Å². The number of nitrogens with zero attached hydrogens (tertiary/aromatic N) is 1. The Hall–Kier alpha value is -3.87. The summed E-state index contributed by atoms with van der Waals surface area (Å²) in [5.41, 5.74) is 2.70. The first-order chi connectivity index (χ1) is 17.1. The van der Waals surface area contributed by atoms with Crippen LogP contribution in [-0.2, 0) is 6.42 Å². The van der Waals surface area contributed by atoms with Crippen LogP contribution in [0.2, 0.25) is 0 Å². The molecule has 1 atom stereocenters. The van der Waals surface area contributed by atoms with E-state index in [2.05, 4.69) is 0 Å². The molecule has 3 aromatic rings. The summed E-state index contributed by atoms with van der Waals surface area (Å²) in [6.07, 6.45) is 0.706. The lowest BCUT2D eigenvalue weighted by Crippen LogP contribution is -2.42. The predicted octanol–water partition coefficient (Wildman–Crippen LogP) is 4.93. The fourth-order valence-electron chi connectivity index (χ4n) is 4.32. The highest BCUT2D eigenvalue weighted by Gasteiger charge is 2.33. The Morgan fingerprint density at radius 1 is 0.829 bits per heavy atom. The smallest absolute Gasteiger partial charge is 0.254 e. The van der Waals surface area contributed by atoms with Crippen LogP contribution in [0.5, 0.6) is 28.7 Å². The third kappa shape index (κ3) is 5.29. The topological polar surface area (TPSA) is 66.5 Å². The van der Waals surface area contributed by atoms with E-state index >= 15 is 0 Å². The fourth-order valence-corrected chi connectivity index (χ4v) is 4.32. The van der Waals surface area contributed by atoms with E-state index in [0.717, 1.165) is 22.6 Å². The third-order valence-electron chi connectivity index (χ3n) is 6.14. The molecule has 1 amide bonds. The monoisotopic (exact) mass is 477 g/mol. The van der Waals surface area contributed by atoms with Gasteiger partial charge in [0, 0.05) is 12.1 Å². The van der Waals surface area contributed by atoms with E-state index in [9.17, 15) is 4.79 Å². The van der Waals surface area contributed by atoms with Crippen LogP contribution in [0, 0.1) is 0 Å². The summed E-state index contributed by atoms with van der Waals surface area (Å²) < 4.78 is 28.0. The standard InChI is InChI=1S/C28H31NO6/c1-5-34-22-8-6-19(7-9-22)28(30)29-15-14-20-16-26(32-3)27(33-4)17-24(20)25(29)18-35-23-12-10-21(31-2)11-13-23/h6-13,16-17,25H,5,14-15,18H2,1-4H3/t25-/m1/s1. The van der Waals surface area contributed by atoms with Crippen LogP contribution >= 0.6 is 0 Å². The minimum atomic E-state index is -0.306. The number of ether oxygens (including phenoxy) is 5. The number of amides is 1. The Morgan fingerprint density at radius 3 is 2.06 bits per heavy atom. The molecule has 0 saturated carbocycles. The third-order valence-corrected chi connectivity index (χ3v) is 6.14. The van der Waals surface area contributed by atoms with Crippen LogP contribution in [0.15, 0.2) is 60.7 Å². The Labute approximate surface area is 206 Å². The molecule has 1 aliphatic heterocycles. The van der Waals surface area contributed by atoms with Gasteiger partial charge in [-0.3, -0.25) is 4.79 Å². The molecule has 0 aromatic heterocycles. The number of hydrogen-bond donors (Lipinski definition) is 0. The van der Waals surface area contributed by atoms with Crippen molar-refractivity contribution in [2.24, 2.45) is 0 Å². The van der Waals surface area contributed by atoms with Gasteiger partial charge in [0.2, 0.25) is 0 Å². The SMILES string of the molecule is CCOc1ccc(C(=O)N2CCc3cc(OC)c(OC)cc3[C@H]2COc2ccc(OC)cc2)cc1. The van der Waals surface area contributed by atoms with Crippen LogP contribution in [0.25, 0.3) is 0 Å². The van der Waals surface area contributed by atoms with Crippen molar-refractivity contribution in [3.8, 4) is 28.7 Å². The summed E-state index contributed by atoms with van der Waals surface area (Å²) in [6.45, 7) is 3.36. The second-order valence-electron chi connectivity index (χ2n) is 8.11. The van der Waals surface area contributed by atoms with Gasteiger partial charge in [-0.25, -0.2) is 0 Å². The van der Waals surface area contributed by atoms with Gasteiger partial charge in [0.1, 0.15) is 23.9 Å². The van der Waals surface area contributed by atoms with Gasteiger partial charge in [-0.2, -0.15) is 0 Å². The van der Waals surface area contributed by atoms with Gasteiger partial charge in [0.15, 0.2) is 11.5 Å². The number of hydrogen-bond acceptors (Lipinski definition) is 6. The highest BCUT2D eigenvalue weighted by molar-refractivity contribution is 5.95. The molecule has 0 saturated heterocycles. The van der Waals surface area contributed by atoms with Gasteiger partial charge < -0.3 is 28.6 Å². The largest absolute Gasteiger partial charge is 0.497 e. The Balaban J connectivity index is 1.65. The maximum atomic E-state index is 13.6. The molecule has 7 nitrogen and oxygen atoms in total. The summed E-state index contributed by atoms with van der Waals surface area (Å²) in [4.78, 5) is 15.5. The number of fused-ring (bicyclic) bond motifs is 1. The number of rotatable bonds is 9. The second kappa shape index (κ2) is 11.0. The van der Waals surface area contributed by atoms with E-state index in [4.69, 9.17) is 23.7 Å². The highest BCUT2D eigenvalue weighted by Crippen LogP contribution is 2.39. The molecule has 184 valence electrons. The number of methoxy groups -OCH3 is 3. The van der Waals surface area contributed by atoms with Crippen molar-refractivity contribution < 1.29 is 28.5 Å². The zero-order chi connectivity index (χ0) is 24.8. The van der Waals surface area contributed by atoms with E-state index in [-0.39, 0.29) is 18.6 Å². The molecule has 0 fully saturated rings. The first kappa shape index (κ1) is 24.3. The maximum absolute atomic E-state index is 13.6. The molecule has 0 bridgehead atoms. The molecule has 35 heavy (non-hydrogen) atoms. The van der Waals surface area contributed by atoms with Crippen molar-refractivity contribution >= 4 is 5.91 Å². The maximum Gasteiger partial charge on any atom is 0.254 e. The van der Waals surface area contributed by atoms with Crippen LogP contribution < -0.4 is 23.7 Å². The van der Waals surface area contributed by atoms with E-state index in [1.54, 1.807) is 33.5 Å². The van der Waals surface area contributed by atoms with Crippen molar-refractivity contribution in [3.63, 3.8) is 0 Å². The molecule has 7 heteroatoms. The number of benzene rings is 3. The summed E-state index contributed by atoms with van der Waals surface area (Å²) in [7, 11) is 4.86. The quantitative estimate of drug-likeness (QED) is 0.435. The van der Waals surface area contributed by atoms with Gasteiger partial charge in [0.05, 0.1) is 34.0 Å². The predicted molar refractivity (Wildman–Crippen MR) is 133 cm³/mol. The molecule has 0 aliphatic carbocycles.